The minimum Gasteiger partial charge on any atom is -0.481 e. The van der Waals surface area contributed by atoms with Crippen molar-refractivity contribution in [1.82, 2.24) is 9.88 Å². The highest BCUT2D eigenvalue weighted by Gasteiger charge is 2.28. The van der Waals surface area contributed by atoms with Crippen molar-refractivity contribution >= 4 is 28.9 Å². The maximum atomic E-state index is 11.0. The Bertz CT molecular complexity index is 659. The van der Waals surface area contributed by atoms with E-state index in [9.17, 15) is 4.79 Å². The summed E-state index contributed by atoms with van der Waals surface area (Å²) in [5.74, 6) is -0.945. The highest BCUT2D eigenvalue weighted by Crippen LogP contribution is 2.30. The van der Waals surface area contributed by atoms with Gasteiger partial charge in [0.1, 0.15) is 5.01 Å². The number of aliphatic carboxylic acids is 1. The Morgan fingerprint density at radius 2 is 2.29 bits per heavy atom. The number of carboxylic acids is 1. The molecule has 4 nitrogen and oxygen atoms in total. The molecule has 21 heavy (non-hydrogen) atoms. The third-order valence-electron chi connectivity index (χ3n) is 3.66. The Morgan fingerprint density at radius 3 is 3.00 bits per heavy atom. The van der Waals surface area contributed by atoms with Crippen LogP contribution in [0.15, 0.2) is 29.6 Å². The van der Waals surface area contributed by atoms with E-state index in [2.05, 4.69) is 9.88 Å². The van der Waals surface area contributed by atoms with Gasteiger partial charge in [-0.2, -0.15) is 0 Å². The lowest BCUT2D eigenvalue weighted by Gasteiger charge is -2.12. The fourth-order valence-corrected chi connectivity index (χ4v) is 3.68. The second-order valence-corrected chi connectivity index (χ2v) is 6.45. The maximum absolute atomic E-state index is 11.0. The number of likely N-dealkylation sites (tertiary alicyclic amines) is 1. The van der Waals surface area contributed by atoms with Crippen molar-refractivity contribution < 1.29 is 9.90 Å². The number of halogens is 1. The Balaban J connectivity index is 1.69. The van der Waals surface area contributed by atoms with Crippen LogP contribution in [-0.4, -0.2) is 34.0 Å². The average molecular weight is 323 g/mol. The topological polar surface area (TPSA) is 53.4 Å². The average Bonchev–Trinajstić information content (AvgIpc) is 3.09. The normalized spacial score (nSPS) is 19.0. The summed E-state index contributed by atoms with van der Waals surface area (Å²) in [7, 11) is 0. The summed E-state index contributed by atoms with van der Waals surface area (Å²) >= 11 is 7.75. The molecule has 1 N–H and O–H groups in total. The van der Waals surface area contributed by atoms with Crippen molar-refractivity contribution in [3.05, 3.63) is 40.4 Å². The predicted octanol–water partition coefficient (Wildman–Crippen LogP) is 3.37. The van der Waals surface area contributed by atoms with Crippen LogP contribution in [0.2, 0.25) is 5.02 Å². The molecule has 1 aromatic heterocycles. The van der Waals surface area contributed by atoms with Gasteiger partial charge in [-0.25, -0.2) is 4.98 Å². The molecule has 1 aliphatic rings. The summed E-state index contributed by atoms with van der Waals surface area (Å²) in [4.78, 5) is 17.7. The number of carboxylic acid groups (broad SMARTS) is 1. The van der Waals surface area contributed by atoms with E-state index >= 15 is 0 Å². The zero-order chi connectivity index (χ0) is 14.8. The van der Waals surface area contributed by atoms with Gasteiger partial charge in [0.25, 0.3) is 0 Å². The third-order valence-corrected chi connectivity index (χ3v) is 4.92. The number of hydrogen-bond acceptors (Lipinski definition) is 4. The summed E-state index contributed by atoms with van der Waals surface area (Å²) < 4.78 is 0. The summed E-state index contributed by atoms with van der Waals surface area (Å²) in [6.07, 6.45) is 0.719. The van der Waals surface area contributed by atoms with Gasteiger partial charge in [0.2, 0.25) is 0 Å². The lowest BCUT2D eigenvalue weighted by Crippen LogP contribution is -2.22. The number of rotatable bonds is 4. The van der Waals surface area contributed by atoms with Crippen molar-refractivity contribution in [3.63, 3.8) is 0 Å². The minimum atomic E-state index is -0.701. The maximum Gasteiger partial charge on any atom is 0.307 e. The van der Waals surface area contributed by atoms with Gasteiger partial charge < -0.3 is 5.11 Å². The molecule has 6 heteroatoms. The van der Waals surface area contributed by atoms with E-state index in [0.717, 1.165) is 29.2 Å². The molecule has 0 radical (unpaired) electrons. The molecule has 1 aromatic carbocycles. The Hall–Kier alpha value is -1.43. The lowest BCUT2D eigenvalue weighted by molar-refractivity contribution is -0.141. The quantitative estimate of drug-likeness (QED) is 0.937. The van der Waals surface area contributed by atoms with Crippen LogP contribution in [0.3, 0.4) is 0 Å². The number of thiazole rings is 1. The Kier molecular flexibility index (Phi) is 4.24. The molecule has 1 saturated heterocycles. The molecule has 1 fully saturated rings. The second-order valence-electron chi connectivity index (χ2n) is 5.18. The van der Waals surface area contributed by atoms with Gasteiger partial charge in [-0.1, -0.05) is 29.8 Å². The molecule has 0 bridgehead atoms. The van der Waals surface area contributed by atoms with Crippen LogP contribution in [0.4, 0.5) is 0 Å². The van der Waals surface area contributed by atoms with Gasteiger partial charge in [-0.3, -0.25) is 9.69 Å². The lowest BCUT2D eigenvalue weighted by atomic mass is 10.1. The number of carbonyl (C=O) groups is 1. The summed E-state index contributed by atoms with van der Waals surface area (Å²) in [6, 6.07) is 7.66. The van der Waals surface area contributed by atoms with Crippen molar-refractivity contribution in [3.8, 4) is 10.6 Å². The van der Waals surface area contributed by atoms with E-state index < -0.39 is 5.97 Å². The SMILES string of the molecule is O=C(O)C1CCN(Cc2csc(-c3ccccc3Cl)n2)C1. The number of benzene rings is 1. The number of aromatic nitrogens is 1. The molecule has 3 rings (SSSR count). The molecule has 110 valence electrons. The zero-order valence-electron chi connectivity index (χ0n) is 11.3. The van der Waals surface area contributed by atoms with Crippen LogP contribution >= 0.6 is 22.9 Å². The van der Waals surface area contributed by atoms with Crippen LogP contribution in [0.25, 0.3) is 10.6 Å². The van der Waals surface area contributed by atoms with Crippen LogP contribution in [-0.2, 0) is 11.3 Å². The molecular formula is C15H15ClN2O2S. The van der Waals surface area contributed by atoms with E-state index in [0.29, 0.717) is 18.1 Å². The van der Waals surface area contributed by atoms with Gasteiger partial charge in [0, 0.05) is 24.0 Å². The van der Waals surface area contributed by atoms with Gasteiger partial charge in [-0.05, 0) is 19.0 Å². The molecule has 1 unspecified atom stereocenters. The second kappa shape index (κ2) is 6.13. The van der Waals surface area contributed by atoms with E-state index in [1.54, 1.807) is 11.3 Å². The number of nitrogens with zero attached hydrogens (tertiary/aromatic N) is 2. The first kappa shape index (κ1) is 14.5. The number of hydrogen-bond donors (Lipinski definition) is 1. The molecule has 2 heterocycles. The van der Waals surface area contributed by atoms with Crippen molar-refractivity contribution in [2.45, 2.75) is 13.0 Å². The summed E-state index contributed by atoms with van der Waals surface area (Å²) in [6.45, 7) is 2.12. The summed E-state index contributed by atoms with van der Waals surface area (Å²) in [5, 5.41) is 12.7. The molecule has 2 aromatic rings. The highest BCUT2D eigenvalue weighted by molar-refractivity contribution is 7.13. The highest BCUT2D eigenvalue weighted by atomic mass is 35.5. The molecule has 0 aliphatic carbocycles. The van der Waals surface area contributed by atoms with Crippen molar-refractivity contribution in [2.75, 3.05) is 13.1 Å². The minimum absolute atomic E-state index is 0.244. The van der Waals surface area contributed by atoms with E-state index in [-0.39, 0.29) is 5.92 Å². The van der Waals surface area contributed by atoms with E-state index in [1.165, 1.54) is 0 Å². The van der Waals surface area contributed by atoms with Gasteiger partial charge in [0.15, 0.2) is 0 Å². The zero-order valence-corrected chi connectivity index (χ0v) is 12.9. The Labute approximate surface area is 132 Å². The Morgan fingerprint density at radius 1 is 1.48 bits per heavy atom. The molecule has 1 atom stereocenters. The fourth-order valence-electron chi connectivity index (χ4n) is 2.54. The van der Waals surface area contributed by atoms with Gasteiger partial charge in [0.05, 0.1) is 16.6 Å². The van der Waals surface area contributed by atoms with Crippen LogP contribution in [0, 0.1) is 5.92 Å². The predicted molar refractivity (Wildman–Crippen MR) is 83.6 cm³/mol. The summed E-state index contributed by atoms with van der Waals surface area (Å²) in [5.41, 5.74) is 1.92. The molecule has 0 spiro atoms. The van der Waals surface area contributed by atoms with Gasteiger partial charge in [-0.15, -0.1) is 11.3 Å². The van der Waals surface area contributed by atoms with Crippen molar-refractivity contribution in [1.29, 1.82) is 0 Å². The molecule has 1 aliphatic heterocycles. The molecule has 0 saturated carbocycles. The van der Waals surface area contributed by atoms with E-state index in [4.69, 9.17) is 16.7 Å². The molecular weight excluding hydrogens is 308 g/mol. The van der Waals surface area contributed by atoms with Crippen LogP contribution in [0.1, 0.15) is 12.1 Å². The molecule has 0 amide bonds. The first-order chi connectivity index (χ1) is 10.1. The van der Waals surface area contributed by atoms with Gasteiger partial charge >= 0.3 is 5.97 Å². The van der Waals surface area contributed by atoms with Crippen LogP contribution < -0.4 is 0 Å². The smallest absolute Gasteiger partial charge is 0.307 e. The largest absolute Gasteiger partial charge is 0.481 e. The van der Waals surface area contributed by atoms with Crippen LogP contribution in [0.5, 0.6) is 0 Å². The monoisotopic (exact) mass is 322 g/mol. The first-order valence-corrected chi connectivity index (χ1v) is 8.03. The fraction of sp³-hybridized carbons (Fsp3) is 0.333. The standard InChI is InChI=1S/C15H15ClN2O2S/c16-13-4-2-1-3-12(13)14-17-11(9-21-14)8-18-6-5-10(7-18)15(19)20/h1-4,9-10H,5-8H2,(H,19,20). The van der Waals surface area contributed by atoms with E-state index in [1.807, 2.05) is 29.6 Å². The third kappa shape index (κ3) is 3.26. The van der Waals surface area contributed by atoms with Crippen molar-refractivity contribution in [2.24, 2.45) is 5.92 Å². The first-order valence-electron chi connectivity index (χ1n) is 6.78.